The van der Waals surface area contributed by atoms with Gasteiger partial charge in [-0.15, -0.1) is 0 Å². The number of hydrogen-bond donors (Lipinski definition) is 1. The Hall–Kier alpha value is -3.07. The van der Waals surface area contributed by atoms with Crippen molar-refractivity contribution in [3.8, 4) is 5.75 Å². The second kappa shape index (κ2) is 9.82. The van der Waals surface area contributed by atoms with E-state index in [9.17, 15) is 18.0 Å². The van der Waals surface area contributed by atoms with Crippen LogP contribution in [0.5, 0.6) is 5.75 Å². The molecule has 6 nitrogen and oxygen atoms in total. The summed E-state index contributed by atoms with van der Waals surface area (Å²) in [6.07, 6.45) is -0.0370. The van der Waals surface area contributed by atoms with Crippen LogP contribution in [0, 0.1) is 6.92 Å². The minimum Gasteiger partial charge on any atom is -0.486 e. The average molecular weight is 434 g/mol. The van der Waals surface area contributed by atoms with E-state index in [2.05, 4.69) is 10.3 Å². The van der Waals surface area contributed by atoms with Crippen molar-refractivity contribution in [1.82, 2.24) is 19.6 Å². The number of imidazole rings is 1. The summed E-state index contributed by atoms with van der Waals surface area (Å²) in [5.41, 5.74) is 3.00. The third-order valence-electron chi connectivity index (χ3n) is 4.69. The van der Waals surface area contributed by atoms with Crippen LogP contribution in [0.4, 0.5) is 13.2 Å². The second-order valence-electron chi connectivity index (χ2n) is 7.40. The summed E-state index contributed by atoms with van der Waals surface area (Å²) in [5, 5.41) is 2.74. The van der Waals surface area contributed by atoms with E-state index in [1.807, 2.05) is 35.9 Å². The van der Waals surface area contributed by atoms with Crippen LogP contribution in [0.25, 0.3) is 5.65 Å². The van der Waals surface area contributed by atoms with Gasteiger partial charge >= 0.3 is 6.18 Å². The fraction of sp³-hybridized carbons (Fsp3) is 0.364. The summed E-state index contributed by atoms with van der Waals surface area (Å²) in [7, 11) is 1.40. The molecule has 0 saturated carbocycles. The van der Waals surface area contributed by atoms with Gasteiger partial charge in [0.25, 0.3) is 5.91 Å². The quantitative estimate of drug-likeness (QED) is 0.520. The van der Waals surface area contributed by atoms with Crippen LogP contribution in [0.3, 0.4) is 0 Å². The van der Waals surface area contributed by atoms with E-state index < -0.39 is 12.7 Å². The van der Waals surface area contributed by atoms with Crippen molar-refractivity contribution in [1.29, 1.82) is 0 Å². The summed E-state index contributed by atoms with van der Waals surface area (Å²) < 4.78 is 44.8. The largest absolute Gasteiger partial charge is 0.486 e. The molecule has 3 aromatic rings. The number of benzene rings is 1. The fourth-order valence-electron chi connectivity index (χ4n) is 3.24. The van der Waals surface area contributed by atoms with Gasteiger partial charge in [-0.3, -0.25) is 9.69 Å². The number of fused-ring (bicyclic) bond motifs is 1. The number of hydrogen-bond acceptors (Lipinski definition) is 4. The van der Waals surface area contributed by atoms with Crippen LogP contribution in [-0.2, 0) is 6.61 Å². The molecule has 0 radical (unpaired) electrons. The van der Waals surface area contributed by atoms with Gasteiger partial charge in [0.1, 0.15) is 18.0 Å². The monoisotopic (exact) mass is 434 g/mol. The van der Waals surface area contributed by atoms with Gasteiger partial charge in [0, 0.05) is 18.9 Å². The lowest BCUT2D eigenvalue weighted by molar-refractivity contribution is -0.143. The molecule has 0 atom stereocenters. The van der Waals surface area contributed by atoms with E-state index in [1.54, 1.807) is 24.3 Å². The topological polar surface area (TPSA) is 58.9 Å². The van der Waals surface area contributed by atoms with Crippen molar-refractivity contribution in [2.45, 2.75) is 26.1 Å². The first kappa shape index (κ1) is 22.6. The number of alkyl halides is 3. The highest BCUT2D eigenvalue weighted by Crippen LogP contribution is 2.20. The van der Waals surface area contributed by atoms with E-state index in [0.29, 0.717) is 17.7 Å². The third-order valence-corrected chi connectivity index (χ3v) is 4.69. The lowest BCUT2D eigenvalue weighted by Crippen LogP contribution is -2.33. The van der Waals surface area contributed by atoms with Gasteiger partial charge in [0.15, 0.2) is 0 Å². The zero-order valence-corrected chi connectivity index (χ0v) is 17.4. The van der Waals surface area contributed by atoms with Crippen LogP contribution in [0.1, 0.15) is 28.0 Å². The highest BCUT2D eigenvalue weighted by molar-refractivity contribution is 5.96. The average Bonchev–Trinajstić information content (AvgIpc) is 3.13. The summed E-state index contributed by atoms with van der Waals surface area (Å²) in [4.78, 5) is 18.3. The lowest BCUT2D eigenvalue weighted by Gasteiger charge is -2.18. The highest BCUT2D eigenvalue weighted by atomic mass is 19.4. The second-order valence-corrected chi connectivity index (χ2v) is 7.40. The maximum atomic E-state index is 12.5. The molecule has 0 unspecified atom stereocenters. The first-order valence-electron chi connectivity index (χ1n) is 9.91. The van der Waals surface area contributed by atoms with Crippen molar-refractivity contribution < 1.29 is 22.7 Å². The molecule has 0 aliphatic rings. The number of rotatable bonds is 9. The molecule has 0 bridgehead atoms. The molecule has 0 saturated heterocycles. The van der Waals surface area contributed by atoms with Crippen LogP contribution in [-0.4, -0.2) is 53.1 Å². The van der Waals surface area contributed by atoms with Gasteiger partial charge in [-0.1, -0.05) is 18.2 Å². The van der Waals surface area contributed by atoms with Gasteiger partial charge in [0.2, 0.25) is 0 Å². The maximum Gasteiger partial charge on any atom is 0.401 e. The fourth-order valence-corrected chi connectivity index (χ4v) is 3.24. The first-order chi connectivity index (χ1) is 14.7. The Balaban J connectivity index is 1.54. The minimum atomic E-state index is -4.23. The van der Waals surface area contributed by atoms with Crippen LogP contribution < -0.4 is 10.1 Å². The van der Waals surface area contributed by atoms with E-state index >= 15 is 0 Å². The summed E-state index contributed by atoms with van der Waals surface area (Å²) in [5.74, 6) is 0.0860. The molecule has 2 heterocycles. The number of carbonyl (C=O) groups is 1. The van der Waals surface area contributed by atoms with Crippen LogP contribution in [0.15, 0.2) is 48.8 Å². The van der Waals surface area contributed by atoms with Gasteiger partial charge < -0.3 is 14.5 Å². The summed E-state index contributed by atoms with van der Waals surface area (Å²) in [6.45, 7) is 1.70. The predicted molar refractivity (Wildman–Crippen MR) is 111 cm³/mol. The molecular weight excluding hydrogens is 409 g/mol. The zero-order valence-electron chi connectivity index (χ0n) is 17.4. The molecule has 0 aliphatic carbocycles. The molecule has 166 valence electrons. The number of amides is 1. The van der Waals surface area contributed by atoms with Crippen LogP contribution >= 0.6 is 0 Å². The number of para-hydroxylation sites is 1. The van der Waals surface area contributed by atoms with Crippen molar-refractivity contribution >= 4 is 11.6 Å². The van der Waals surface area contributed by atoms with Gasteiger partial charge in [0.05, 0.1) is 17.8 Å². The maximum absolute atomic E-state index is 12.5. The molecule has 31 heavy (non-hydrogen) atoms. The molecule has 0 spiro atoms. The standard InChI is InChI=1S/C22H25F3N4O2/c1-16-7-5-12-29-13-17(27-20(16)29)14-31-19-9-4-3-8-18(19)21(30)26-10-6-11-28(2)15-22(23,24)25/h3-5,7-9,12-13H,6,10-11,14-15H2,1-2H3,(H,26,30). The Morgan fingerprint density at radius 1 is 1.23 bits per heavy atom. The number of halogens is 3. The van der Waals surface area contributed by atoms with E-state index in [-0.39, 0.29) is 25.6 Å². The third kappa shape index (κ3) is 6.45. The van der Waals surface area contributed by atoms with E-state index in [0.717, 1.165) is 16.9 Å². The van der Waals surface area contributed by atoms with E-state index in [1.165, 1.54) is 11.9 Å². The summed E-state index contributed by atoms with van der Waals surface area (Å²) in [6, 6.07) is 10.8. The number of pyridine rings is 1. The van der Waals surface area contributed by atoms with Gasteiger partial charge in [-0.05, 0) is 50.7 Å². The van der Waals surface area contributed by atoms with Gasteiger partial charge in [-0.2, -0.15) is 13.2 Å². The van der Waals surface area contributed by atoms with Crippen molar-refractivity contribution in [3.63, 3.8) is 0 Å². The Morgan fingerprint density at radius 2 is 2.00 bits per heavy atom. The number of aryl methyl sites for hydroxylation is 1. The molecule has 3 rings (SSSR count). The number of ether oxygens (including phenoxy) is 1. The van der Waals surface area contributed by atoms with E-state index in [4.69, 9.17) is 4.74 Å². The Bertz CT molecular complexity index is 1030. The smallest absolute Gasteiger partial charge is 0.401 e. The SMILES string of the molecule is Cc1cccn2cc(COc3ccccc3C(=O)NCCCN(C)CC(F)(F)F)nc12. The first-order valence-corrected chi connectivity index (χ1v) is 9.91. The number of nitrogens with one attached hydrogen (secondary N) is 1. The predicted octanol–water partition coefficient (Wildman–Crippen LogP) is 3.84. The molecule has 2 aromatic heterocycles. The molecule has 1 aromatic carbocycles. The molecular formula is C22H25F3N4O2. The molecule has 1 amide bonds. The number of nitrogens with zero attached hydrogens (tertiary/aromatic N) is 3. The lowest BCUT2D eigenvalue weighted by atomic mass is 10.2. The molecule has 9 heteroatoms. The Labute approximate surface area is 178 Å². The van der Waals surface area contributed by atoms with Crippen molar-refractivity contribution in [2.75, 3.05) is 26.7 Å². The molecule has 0 aliphatic heterocycles. The molecule has 0 fully saturated rings. The minimum absolute atomic E-state index is 0.202. The highest BCUT2D eigenvalue weighted by Gasteiger charge is 2.28. The van der Waals surface area contributed by atoms with Crippen molar-refractivity contribution in [3.05, 3.63) is 65.6 Å². The normalized spacial score (nSPS) is 11.8. The van der Waals surface area contributed by atoms with Gasteiger partial charge in [-0.25, -0.2) is 4.98 Å². The molecule has 1 N–H and O–H groups in total. The van der Waals surface area contributed by atoms with Crippen molar-refractivity contribution in [2.24, 2.45) is 0 Å². The van der Waals surface area contributed by atoms with Crippen LogP contribution in [0.2, 0.25) is 0 Å². The Kier molecular flexibility index (Phi) is 7.17. The number of carbonyl (C=O) groups excluding carboxylic acids is 1. The zero-order chi connectivity index (χ0) is 22.4. The Morgan fingerprint density at radius 3 is 2.74 bits per heavy atom. The number of aromatic nitrogens is 2. The summed E-state index contributed by atoms with van der Waals surface area (Å²) >= 11 is 0.